The fourth-order valence-electron chi connectivity index (χ4n) is 1.52. The lowest BCUT2D eigenvalue weighted by atomic mass is 10.1. The molecule has 0 saturated heterocycles. The molecule has 6 nitrogen and oxygen atoms in total. The lowest BCUT2D eigenvalue weighted by Crippen LogP contribution is -2.16. The molecule has 1 aromatic heterocycles. The topological polar surface area (TPSA) is 86.2 Å². The molecule has 0 aliphatic heterocycles. The van der Waals surface area contributed by atoms with E-state index < -0.39 is 21.4 Å². The summed E-state index contributed by atoms with van der Waals surface area (Å²) in [7, 11) is -2.28. The summed E-state index contributed by atoms with van der Waals surface area (Å²) in [6.07, 6.45) is 0. The number of Topliss-reactive ketones (excluding diaryl/α,β-unsaturated/α-hetero) is 1. The lowest BCUT2D eigenvalue weighted by molar-refractivity contribution is 0.102. The molecule has 0 fully saturated rings. The number of aryl methyl sites for hydroxylation is 1. The molecule has 0 saturated carbocycles. The zero-order chi connectivity index (χ0) is 14.8. The van der Waals surface area contributed by atoms with E-state index in [1.165, 1.54) is 13.2 Å². The minimum atomic E-state index is -3.75. The molecule has 0 amide bonds. The number of ether oxygens (including phenoxy) is 1. The van der Waals surface area contributed by atoms with Gasteiger partial charge in [0.2, 0.25) is 14.2 Å². The Labute approximate surface area is 120 Å². The molecule has 0 aliphatic carbocycles. The summed E-state index contributed by atoms with van der Waals surface area (Å²) in [4.78, 5) is 12.0. The Balaban J connectivity index is 2.22. The smallest absolute Gasteiger partial charge is 0.233 e. The minimum Gasteiger partial charge on any atom is -0.497 e. The van der Waals surface area contributed by atoms with E-state index in [1.807, 2.05) is 0 Å². The Kier molecular flexibility index (Phi) is 4.15. The number of hydrogen-bond acceptors (Lipinski definition) is 7. The predicted molar refractivity (Wildman–Crippen MR) is 74.0 cm³/mol. The highest BCUT2D eigenvalue weighted by molar-refractivity contribution is 7.94. The van der Waals surface area contributed by atoms with Gasteiger partial charge in [-0.3, -0.25) is 4.79 Å². The van der Waals surface area contributed by atoms with E-state index in [9.17, 15) is 13.2 Å². The first-order chi connectivity index (χ1) is 9.42. The fraction of sp³-hybridized carbons (Fsp3) is 0.250. The molecule has 0 bridgehead atoms. The van der Waals surface area contributed by atoms with Gasteiger partial charge in [0.1, 0.15) is 16.5 Å². The molecule has 1 aromatic carbocycles. The maximum absolute atomic E-state index is 12.0. The molecular weight excluding hydrogens is 300 g/mol. The Morgan fingerprint density at radius 3 is 2.70 bits per heavy atom. The van der Waals surface area contributed by atoms with Crippen LogP contribution in [0.2, 0.25) is 0 Å². The summed E-state index contributed by atoms with van der Waals surface area (Å²) in [5, 5.41) is 7.76. The SMILES string of the molecule is COc1cccc(C(=O)CS(=O)(=O)c2nnc(C)s2)c1. The average Bonchev–Trinajstić information content (AvgIpc) is 2.86. The Hall–Kier alpha value is -1.80. The van der Waals surface area contributed by atoms with Crippen LogP contribution in [0.25, 0.3) is 0 Å². The molecule has 0 radical (unpaired) electrons. The number of carbonyl (C=O) groups is 1. The number of methoxy groups -OCH3 is 1. The third kappa shape index (κ3) is 3.20. The van der Waals surface area contributed by atoms with Crippen LogP contribution in [0, 0.1) is 6.92 Å². The average molecular weight is 312 g/mol. The quantitative estimate of drug-likeness (QED) is 0.778. The van der Waals surface area contributed by atoms with E-state index in [0.29, 0.717) is 10.8 Å². The summed E-state index contributed by atoms with van der Waals surface area (Å²) in [6.45, 7) is 1.65. The molecule has 20 heavy (non-hydrogen) atoms. The van der Waals surface area contributed by atoms with Crippen LogP contribution in [0.3, 0.4) is 0 Å². The second-order valence-corrected chi connectivity index (χ2v) is 7.35. The normalized spacial score (nSPS) is 11.3. The molecule has 2 aromatic rings. The third-order valence-electron chi connectivity index (χ3n) is 2.49. The van der Waals surface area contributed by atoms with Crippen molar-refractivity contribution in [1.82, 2.24) is 10.2 Å². The van der Waals surface area contributed by atoms with E-state index in [4.69, 9.17) is 4.74 Å². The number of rotatable bonds is 5. The van der Waals surface area contributed by atoms with Crippen LogP contribution >= 0.6 is 11.3 Å². The van der Waals surface area contributed by atoms with Gasteiger partial charge in [0.15, 0.2) is 5.78 Å². The summed E-state index contributed by atoms with van der Waals surface area (Å²) in [5.74, 6) is -0.633. The minimum absolute atomic E-state index is 0.133. The van der Waals surface area contributed by atoms with Crippen molar-refractivity contribution < 1.29 is 17.9 Å². The highest BCUT2D eigenvalue weighted by atomic mass is 32.2. The van der Waals surface area contributed by atoms with E-state index in [1.54, 1.807) is 25.1 Å². The number of nitrogens with zero attached hydrogens (tertiary/aromatic N) is 2. The molecule has 0 atom stereocenters. The van der Waals surface area contributed by atoms with Crippen LogP contribution in [0.5, 0.6) is 5.75 Å². The van der Waals surface area contributed by atoms with Gasteiger partial charge in [0.25, 0.3) is 0 Å². The maximum atomic E-state index is 12.0. The number of benzene rings is 1. The van der Waals surface area contributed by atoms with Crippen LogP contribution in [0.15, 0.2) is 28.6 Å². The molecule has 0 spiro atoms. The van der Waals surface area contributed by atoms with Crippen molar-refractivity contribution in [3.8, 4) is 5.75 Å². The van der Waals surface area contributed by atoms with Gasteiger partial charge < -0.3 is 4.74 Å². The highest BCUT2D eigenvalue weighted by Crippen LogP contribution is 2.19. The summed E-state index contributed by atoms with van der Waals surface area (Å²) in [6, 6.07) is 6.36. The molecule has 0 N–H and O–H groups in total. The van der Waals surface area contributed by atoms with Crippen molar-refractivity contribution in [2.45, 2.75) is 11.3 Å². The second-order valence-electron chi connectivity index (χ2n) is 4.00. The summed E-state index contributed by atoms with van der Waals surface area (Å²) < 4.78 is 28.9. The van der Waals surface area contributed by atoms with Gasteiger partial charge in [-0.2, -0.15) is 0 Å². The molecule has 8 heteroatoms. The van der Waals surface area contributed by atoms with E-state index in [-0.39, 0.29) is 9.90 Å². The van der Waals surface area contributed by atoms with Gasteiger partial charge in [0.05, 0.1) is 7.11 Å². The van der Waals surface area contributed by atoms with Crippen LogP contribution in [0.1, 0.15) is 15.4 Å². The lowest BCUT2D eigenvalue weighted by Gasteiger charge is -2.03. The maximum Gasteiger partial charge on any atom is 0.233 e. The van der Waals surface area contributed by atoms with Crippen LogP contribution < -0.4 is 4.74 Å². The number of sulfone groups is 1. The van der Waals surface area contributed by atoms with Gasteiger partial charge in [-0.05, 0) is 19.1 Å². The van der Waals surface area contributed by atoms with Gasteiger partial charge in [0, 0.05) is 5.56 Å². The summed E-state index contributed by atoms with van der Waals surface area (Å²) in [5.41, 5.74) is 0.286. The first-order valence-corrected chi connectivity index (χ1v) is 8.09. The van der Waals surface area contributed by atoms with Crippen molar-refractivity contribution in [3.63, 3.8) is 0 Å². The van der Waals surface area contributed by atoms with Crippen molar-refractivity contribution in [3.05, 3.63) is 34.8 Å². The predicted octanol–water partition coefficient (Wildman–Crippen LogP) is 1.51. The van der Waals surface area contributed by atoms with E-state index in [2.05, 4.69) is 10.2 Å². The molecule has 2 rings (SSSR count). The zero-order valence-corrected chi connectivity index (χ0v) is 12.5. The number of ketones is 1. The number of aromatic nitrogens is 2. The zero-order valence-electron chi connectivity index (χ0n) is 10.9. The van der Waals surface area contributed by atoms with Gasteiger partial charge >= 0.3 is 0 Å². The van der Waals surface area contributed by atoms with Crippen LogP contribution in [-0.2, 0) is 9.84 Å². The second kappa shape index (κ2) is 5.68. The Bertz CT molecular complexity index is 737. The van der Waals surface area contributed by atoms with Gasteiger partial charge in [-0.1, -0.05) is 23.5 Å². The largest absolute Gasteiger partial charge is 0.497 e. The first-order valence-electron chi connectivity index (χ1n) is 5.62. The highest BCUT2D eigenvalue weighted by Gasteiger charge is 2.24. The number of hydrogen-bond donors (Lipinski definition) is 0. The molecule has 0 unspecified atom stereocenters. The standard InChI is InChI=1S/C12H12N2O4S2/c1-8-13-14-12(19-8)20(16,17)7-11(15)9-4-3-5-10(6-9)18-2/h3-6H,7H2,1-2H3. The number of carbonyl (C=O) groups excluding carboxylic acids is 1. The monoisotopic (exact) mass is 312 g/mol. The fourth-order valence-corrected chi connectivity index (χ4v) is 3.78. The van der Waals surface area contributed by atoms with Gasteiger partial charge in [-0.25, -0.2) is 8.42 Å². The van der Waals surface area contributed by atoms with Crippen molar-refractivity contribution in [2.75, 3.05) is 12.9 Å². The molecule has 1 heterocycles. The molecule has 0 aliphatic rings. The van der Waals surface area contributed by atoms with Crippen LogP contribution in [0.4, 0.5) is 0 Å². The third-order valence-corrected chi connectivity index (χ3v) is 5.39. The molecule has 106 valence electrons. The van der Waals surface area contributed by atoms with E-state index >= 15 is 0 Å². The molecular formula is C12H12N2O4S2. The Morgan fingerprint density at radius 1 is 1.35 bits per heavy atom. The van der Waals surface area contributed by atoms with Gasteiger partial charge in [-0.15, -0.1) is 10.2 Å². The van der Waals surface area contributed by atoms with Crippen molar-refractivity contribution in [2.24, 2.45) is 0 Å². The summed E-state index contributed by atoms with van der Waals surface area (Å²) >= 11 is 0.952. The Morgan fingerprint density at radius 2 is 2.10 bits per heavy atom. The van der Waals surface area contributed by atoms with Crippen LogP contribution in [-0.4, -0.2) is 37.3 Å². The van der Waals surface area contributed by atoms with E-state index in [0.717, 1.165) is 11.3 Å². The first kappa shape index (κ1) is 14.6. The van der Waals surface area contributed by atoms with Crippen molar-refractivity contribution >= 4 is 27.0 Å². The van der Waals surface area contributed by atoms with Crippen molar-refractivity contribution in [1.29, 1.82) is 0 Å².